The van der Waals surface area contributed by atoms with Gasteiger partial charge in [-0.3, -0.25) is 9.97 Å². The van der Waals surface area contributed by atoms with Crippen LogP contribution < -0.4 is 0 Å². The summed E-state index contributed by atoms with van der Waals surface area (Å²) in [6.45, 7) is 2.21. The maximum Gasteiger partial charge on any atom is 0.0972 e. The van der Waals surface area contributed by atoms with E-state index in [1.165, 1.54) is 18.4 Å². The first-order valence-electron chi connectivity index (χ1n) is 8.45. The second-order valence-electron chi connectivity index (χ2n) is 6.06. The van der Waals surface area contributed by atoms with Crippen molar-refractivity contribution in [3.63, 3.8) is 0 Å². The molecule has 0 aliphatic carbocycles. The van der Waals surface area contributed by atoms with Crippen LogP contribution in [-0.2, 0) is 6.42 Å². The molecular weight excluding hydrogens is 294 g/mol. The Morgan fingerprint density at radius 3 is 2.50 bits per heavy atom. The molecule has 0 N–H and O–H groups in total. The number of unbranched alkanes of at least 4 members (excludes halogenated alkanes) is 1. The van der Waals surface area contributed by atoms with Gasteiger partial charge in [-0.2, -0.15) is 0 Å². The highest BCUT2D eigenvalue weighted by Crippen LogP contribution is 2.25. The minimum absolute atomic E-state index is 0.902. The van der Waals surface area contributed by atoms with Gasteiger partial charge in [0.15, 0.2) is 0 Å². The van der Waals surface area contributed by atoms with Crippen molar-refractivity contribution in [1.29, 1.82) is 0 Å². The van der Waals surface area contributed by atoms with Crippen LogP contribution in [0.15, 0.2) is 60.9 Å². The van der Waals surface area contributed by atoms with E-state index in [0.717, 1.165) is 39.6 Å². The van der Waals surface area contributed by atoms with E-state index in [1.54, 1.807) is 0 Å². The van der Waals surface area contributed by atoms with Gasteiger partial charge in [-0.1, -0.05) is 37.6 Å². The van der Waals surface area contributed by atoms with Gasteiger partial charge in [0.25, 0.3) is 0 Å². The molecule has 3 aromatic heterocycles. The molecule has 4 rings (SSSR count). The van der Waals surface area contributed by atoms with E-state index in [2.05, 4.69) is 53.3 Å². The van der Waals surface area contributed by atoms with Crippen molar-refractivity contribution in [2.75, 3.05) is 0 Å². The van der Waals surface area contributed by atoms with Crippen molar-refractivity contribution < 1.29 is 0 Å². The summed E-state index contributed by atoms with van der Waals surface area (Å²) in [5.74, 6) is 0. The van der Waals surface area contributed by atoms with Gasteiger partial charge >= 0.3 is 0 Å². The lowest BCUT2D eigenvalue weighted by Crippen LogP contribution is -1.92. The molecule has 3 nitrogen and oxygen atoms in total. The summed E-state index contributed by atoms with van der Waals surface area (Å²) in [6.07, 6.45) is 7.18. The molecular formula is C21H19N3. The zero-order chi connectivity index (χ0) is 16.4. The largest absolute Gasteiger partial charge is 0.255 e. The van der Waals surface area contributed by atoms with E-state index in [4.69, 9.17) is 4.98 Å². The number of hydrogen-bond acceptors (Lipinski definition) is 3. The average Bonchev–Trinajstić information content (AvgIpc) is 2.66. The van der Waals surface area contributed by atoms with Crippen LogP contribution in [0.4, 0.5) is 0 Å². The molecule has 3 heterocycles. The molecule has 0 atom stereocenters. The van der Waals surface area contributed by atoms with Crippen LogP contribution in [0.3, 0.4) is 0 Å². The van der Waals surface area contributed by atoms with Gasteiger partial charge in [-0.15, -0.1) is 0 Å². The van der Waals surface area contributed by atoms with Crippen LogP contribution in [-0.4, -0.2) is 15.0 Å². The SMILES string of the molecule is CCCCc1ccnc(-c2ccc3ccc4cccnc4c3n2)c1. The summed E-state index contributed by atoms with van der Waals surface area (Å²) in [6, 6.07) is 16.6. The Morgan fingerprint density at radius 2 is 1.62 bits per heavy atom. The fraction of sp³-hybridized carbons (Fsp3) is 0.190. The monoisotopic (exact) mass is 313 g/mol. The molecule has 118 valence electrons. The Kier molecular flexibility index (Phi) is 3.91. The van der Waals surface area contributed by atoms with Crippen LogP contribution >= 0.6 is 0 Å². The molecule has 1 aromatic carbocycles. The minimum atomic E-state index is 0.902. The fourth-order valence-electron chi connectivity index (χ4n) is 3.02. The predicted molar refractivity (Wildman–Crippen MR) is 98.9 cm³/mol. The lowest BCUT2D eigenvalue weighted by Gasteiger charge is -2.07. The van der Waals surface area contributed by atoms with Gasteiger partial charge in [0.05, 0.1) is 22.4 Å². The third-order valence-electron chi connectivity index (χ3n) is 4.34. The highest BCUT2D eigenvalue weighted by Gasteiger charge is 2.07. The molecule has 0 aliphatic rings. The van der Waals surface area contributed by atoms with Gasteiger partial charge in [0, 0.05) is 23.2 Å². The number of nitrogens with zero attached hydrogens (tertiary/aromatic N) is 3. The first-order valence-corrected chi connectivity index (χ1v) is 8.45. The van der Waals surface area contributed by atoms with Gasteiger partial charge in [0.1, 0.15) is 0 Å². The summed E-state index contributed by atoms with van der Waals surface area (Å²) in [7, 11) is 0. The van der Waals surface area contributed by atoms with Crippen LogP contribution in [0.5, 0.6) is 0 Å². The highest BCUT2D eigenvalue weighted by atomic mass is 14.8. The third kappa shape index (κ3) is 2.73. The number of benzene rings is 1. The molecule has 0 saturated heterocycles. The molecule has 0 fully saturated rings. The third-order valence-corrected chi connectivity index (χ3v) is 4.34. The summed E-state index contributed by atoms with van der Waals surface area (Å²) in [4.78, 5) is 13.9. The number of hydrogen-bond donors (Lipinski definition) is 0. The van der Waals surface area contributed by atoms with Crippen molar-refractivity contribution >= 4 is 21.8 Å². The lowest BCUT2D eigenvalue weighted by atomic mass is 10.1. The fourth-order valence-corrected chi connectivity index (χ4v) is 3.02. The smallest absolute Gasteiger partial charge is 0.0972 e. The van der Waals surface area contributed by atoms with Crippen LogP contribution in [0.1, 0.15) is 25.3 Å². The van der Waals surface area contributed by atoms with E-state index in [0.29, 0.717) is 0 Å². The maximum atomic E-state index is 4.87. The quantitative estimate of drug-likeness (QED) is 0.487. The zero-order valence-corrected chi connectivity index (χ0v) is 13.7. The molecule has 0 aliphatic heterocycles. The molecule has 0 saturated carbocycles. The Balaban J connectivity index is 1.84. The standard InChI is InChI=1S/C21H19N3/c1-2-3-5-15-11-13-22-19(14-15)18-10-9-17-8-7-16-6-4-12-23-20(16)21(17)24-18/h4,6-14H,2-3,5H2,1H3. The number of pyridine rings is 3. The van der Waals surface area contributed by atoms with Crippen molar-refractivity contribution in [2.24, 2.45) is 0 Å². The van der Waals surface area contributed by atoms with Crippen LogP contribution in [0.25, 0.3) is 33.2 Å². The highest BCUT2D eigenvalue weighted by molar-refractivity contribution is 6.03. The second-order valence-corrected chi connectivity index (χ2v) is 6.06. The van der Waals surface area contributed by atoms with E-state index in [-0.39, 0.29) is 0 Å². The Labute approximate surface area is 141 Å². The Bertz CT molecular complexity index is 1010. The maximum absolute atomic E-state index is 4.87. The molecule has 3 heteroatoms. The van der Waals surface area contributed by atoms with Crippen LogP contribution in [0.2, 0.25) is 0 Å². The normalized spacial score (nSPS) is 11.2. The summed E-state index contributed by atoms with van der Waals surface area (Å²) < 4.78 is 0. The molecule has 4 aromatic rings. The molecule has 0 spiro atoms. The summed E-state index contributed by atoms with van der Waals surface area (Å²) in [5, 5.41) is 2.21. The number of aromatic nitrogens is 3. The van der Waals surface area contributed by atoms with E-state index in [9.17, 15) is 0 Å². The zero-order valence-electron chi connectivity index (χ0n) is 13.7. The van der Waals surface area contributed by atoms with Gasteiger partial charge in [-0.25, -0.2) is 4.98 Å². The lowest BCUT2D eigenvalue weighted by molar-refractivity contribution is 0.794. The number of aryl methyl sites for hydroxylation is 1. The molecule has 0 radical (unpaired) electrons. The molecule has 24 heavy (non-hydrogen) atoms. The van der Waals surface area contributed by atoms with Crippen LogP contribution in [0, 0.1) is 0 Å². The van der Waals surface area contributed by atoms with E-state index >= 15 is 0 Å². The second kappa shape index (κ2) is 6.36. The van der Waals surface area contributed by atoms with Gasteiger partial charge < -0.3 is 0 Å². The summed E-state index contributed by atoms with van der Waals surface area (Å²) in [5.41, 5.74) is 5.03. The first kappa shape index (κ1) is 14.8. The number of fused-ring (bicyclic) bond motifs is 3. The van der Waals surface area contributed by atoms with Gasteiger partial charge in [0.2, 0.25) is 0 Å². The van der Waals surface area contributed by atoms with Crippen molar-refractivity contribution in [3.8, 4) is 11.4 Å². The molecule has 0 unspecified atom stereocenters. The summed E-state index contributed by atoms with van der Waals surface area (Å²) >= 11 is 0. The number of rotatable bonds is 4. The van der Waals surface area contributed by atoms with Crippen molar-refractivity contribution in [2.45, 2.75) is 26.2 Å². The molecule has 0 bridgehead atoms. The first-order chi connectivity index (χ1) is 11.8. The molecule has 0 amide bonds. The van der Waals surface area contributed by atoms with Crippen molar-refractivity contribution in [1.82, 2.24) is 15.0 Å². The minimum Gasteiger partial charge on any atom is -0.255 e. The van der Waals surface area contributed by atoms with E-state index in [1.807, 2.05) is 24.5 Å². The Hall–Kier alpha value is -2.81. The predicted octanol–water partition coefficient (Wildman–Crippen LogP) is 5.19. The van der Waals surface area contributed by atoms with Gasteiger partial charge in [-0.05, 0) is 42.7 Å². The average molecular weight is 313 g/mol. The van der Waals surface area contributed by atoms with E-state index < -0.39 is 0 Å². The Morgan fingerprint density at radius 1 is 0.792 bits per heavy atom. The topological polar surface area (TPSA) is 38.7 Å². The van der Waals surface area contributed by atoms with Crippen molar-refractivity contribution in [3.05, 3.63) is 66.5 Å².